The summed E-state index contributed by atoms with van der Waals surface area (Å²) in [5.74, 6) is 2.95. The first kappa shape index (κ1) is 14.2. The first-order valence-electron chi connectivity index (χ1n) is 7.21. The van der Waals surface area contributed by atoms with Gasteiger partial charge < -0.3 is 8.94 Å². The highest BCUT2D eigenvalue weighted by molar-refractivity contribution is 5.00. The van der Waals surface area contributed by atoms with Crippen LogP contribution in [0.25, 0.3) is 0 Å². The van der Waals surface area contributed by atoms with Crippen molar-refractivity contribution < 1.29 is 8.94 Å². The molecule has 1 saturated heterocycles. The fourth-order valence-corrected chi connectivity index (χ4v) is 2.68. The molecule has 2 unspecified atom stereocenters. The van der Waals surface area contributed by atoms with Gasteiger partial charge in [-0.2, -0.15) is 4.98 Å². The highest BCUT2D eigenvalue weighted by Gasteiger charge is 2.33. The molecule has 2 atom stereocenters. The van der Waals surface area contributed by atoms with Crippen LogP contribution in [0.5, 0.6) is 0 Å². The molecule has 0 saturated carbocycles. The van der Waals surface area contributed by atoms with Crippen molar-refractivity contribution in [3.8, 4) is 0 Å². The summed E-state index contributed by atoms with van der Waals surface area (Å²) in [5, 5.41) is 3.90. The summed E-state index contributed by atoms with van der Waals surface area (Å²) in [7, 11) is 2.08. The van der Waals surface area contributed by atoms with E-state index in [1.807, 2.05) is 13.8 Å². The molecule has 114 valence electrons. The number of hydrogen-bond acceptors (Lipinski definition) is 7. The number of nitrogens with zero attached hydrogens (tertiary/aromatic N) is 5. The molecule has 3 heterocycles. The van der Waals surface area contributed by atoms with Crippen molar-refractivity contribution in [2.45, 2.75) is 32.9 Å². The second kappa shape index (κ2) is 5.57. The zero-order chi connectivity index (χ0) is 15.0. The average Bonchev–Trinajstić information content (AvgIpc) is 3.07. The zero-order valence-electron chi connectivity index (χ0n) is 12.9. The Morgan fingerprint density at radius 2 is 2.14 bits per heavy atom. The molecular formula is C14H21N5O2. The molecule has 2 aromatic rings. The van der Waals surface area contributed by atoms with Gasteiger partial charge in [-0.3, -0.25) is 9.80 Å². The Balaban J connectivity index is 1.76. The van der Waals surface area contributed by atoms with Gasteiger partial charge in [0.25, 0.3) is 0 Å². The summed E-state index contributed by atoms with van der Waals surface area (Å²) in [6.45, 7) is 8.59. The highest BCUT2D eigenvalue weighted by Crippen LogP contribution is 2.28. The Kier molecular flexibility index (Phi) is 3.77. The largest absolute Gasteiger partial charge is 0.444 e. The lowest BCUT2D eigenvalue weighted by Crippen LogP contribution is -2.47. The summed E-state index contributed by atoms with van der Waals surface area (Å²) in [4.78, 5) is 13.3. The van der Waals surface area contributed by atoms with E-state index in [4.69, 9.17) is 8.94 Å². The van der Waals surface area contributed by atoms with Crippen LogP contribution in [0.4, 0.5) is 0 Å². The van der Waals surface area contributed by atoms with Crippen molar-refractivity contribution in [2.24, 2.45) is 0 Å². The van der Waals surface area contributed by atoms with E-state index in [9.17, 15) is 0 Å². The van der Waals surface area contributed by atoms with Gasteiger partial charge in [-0.25, -0.2) is 4.98 Å². The van der Waals surface area contributed by atoms with Crippen LogP contribution in [0.15, 0.2) is 15.1 Å². The van der Waals surface area contributed by atoms with Gasteiger partial charge in [-0.1, -0.05) is 5.16 Å². The fourth-order valence-electron chi connectivity index (χ4n) is 2.68. The number of hydrogen-bond donors (Lipinski definition) is 0. The van der Waals surface area contributed by atoms with Crippen LogP contribution in [-0.4, -0.2) is 51.6 Å². The molecule has 7 heteroatoms. The molecule has 1 aliphatic heterocycles. The Morgan fingerprint density at radius 3 is 2.76 bits per heavy atom. The van der Waals surface area contributed by atoms with Crippen LogP contribution in [0.2, 0.25) is 0 Å². The van der Waals surface area contributed by atoms with Crippen molar-refractivity contribution in [2.75, 3.05) is 26.7 Å². The van der Waals surface area contributed by atoms with Gasteiger partial charge in [0.05, 0.1) is 12.2 Å². The topological polar surface area (TPSA) is 71.4 Å². The lowest BCUT2D eigenvalue weighted by molar-refractivity contribution is 0.0455. The van der Waals surface area contributed by atoms with Gasteiger partial charge in [0.1, 0.15) is 11.8 Å². The van der Waals surface area contributed by atoms with Gasteiger partial charge >= 0.3 is 0 Å². The van der Waals surface area contributed by atoms with Crippen LogP contribution in [0, 0.1) is 13.8 Å². The number of rotatable bonds is 3. The van der Waals surface area contributed by atoms with Gasteiger partial charge in [-0.05, 0) is 27.8 Å². The van der Waals surface area contributed by atoms with Crippen molar-refractivity contribution >= 4 is 0 Å². The molecule has 0 N–H and O–H groups in total. The Morgan fingerprint density at radius 1 is 1.33 bits per heavy atom. The average molecular weight is 291 g/mol. The smallest absolute Gasteiger partial charge is 0.245 e. The van der Waals surface area contributed by atoms with E-state index in [0.29, 0.717) is 11.7 Å². The SMILES string of the molecule is Cc1noc(C2CN(C(C)c3ncc(C)o3)CCN2C)n1. The molecule has 0 radical (unpaired) electrons. The standard InChI is InChI=1S/C14H21N5O2/c1-9-7-15-13(20-9)10(2)19-6-5-18(4)12(8-19)14-16-11(3)17-21-14/h7,10,12H,5-6,8H2,1-4H3. The third-order valence-corrected chi connectivity index (χ3v) is 4.05. The molecule has 0 amide bonds. The molecule has 0 bridgehead atoms. The van der Waals surface area contributed by atoms with Crippen molar-refractivity contribution in [3.63, 3.8) is 0 Å². The minimum Gasteiger partial charge on any atom is -0.444 e. The minimum atomic E-state index is 0.110. The summed E-state index contributed by atoms with van der Waals surface area (Å²) in [5.41, 5.74) is 0. The summed E-state index contributed by atoms with van der Waals surface area (Å²) >= 11 is 0. The van der Waals surface area contributed by atoms with Gasteiger partial charge in [0.2, 0.25) is 11.8 Å². The van der Waals surface area contributed by atoms with Crippen molar-refractivity contribution in [3.05, 3.63) is 29.6 Å². The van der Waals surface area contributed by atoms with Crippen LogP contribution in [0.1, 0.15) is 42.4 Å². The third kappa shape index (κ3) is 2.84. The highest BCUT2D eigenvalue weighted by atomic mass is 16.5. The second-order valence-electron chi connectivity index (χ2n) is 5.66. The molecule has 0 spiro atoms. The molecular weight excluding hydrogens is 270 g/mol. The lowest BCUT2D eigenvalue weighted by atomic mass is 10.1. The van der Waals surface area contributed by atoms with Gasteiger partial charge in [-0.15, -0.1) is 0 Å². The van der Waals surface area contributed by atoms with Crippen molar-refractivity contribution in [1.82, 2.24) is 24.9 Å². The molecule has 0 aliphatic carbocycles. The van der Waals surface area contributed by atoms with Crippen LogP contribution in [0.3, 0.4) is 0 Å². The predicted octanol–water partition coefficient (Wildman–Crippen LogP) is 1.72. The van der Waals surface area contributed by atoms with E-state index in [1.54, 1.807) is 6.20 Å². The second-order valence-corrected chi connectivity index (χ2v) is 5.66. The van der Waals surface area contributed by atoms with E-state index >= 15 is 0 Å². The van der Waals surface area contributed by atoms with Gasteiger partial charge in [0, 0.05) is 19.6 Å². The Hall–Kier alpha value is -1.73. The van der Waals surface area contributed by atoms with Crippen LogP contribution < -0.4 is 0 Å². The van der Waals surface area contributed by atoms with E-state index in [1.165, 1.54) is 0 Å². The van der Waals surface area contributed by atoms with E-state index in [0.717, 1.165) is 31.3 Å². The normalized spacial score (nSPS) is 22.6. The molecule has 21 heavy (non-hydrogen) atoms. The van der Waals surface area contributed by atoms with E-state index in [2.05, 4.69) is 38.9 Å². The molecule has 1 fully saturated rings. The van der Waals surface area contributed by atoms with Gasteiger partial charge in [0.15, 0.2) is 5.82 Å². The van der Waals surface area contributed by atoms with E-state index in [-0.39, 0.29) is 12.1 Å². The first-order chi connectivity index (χ1) is 10.0. The van der Waals surface area contributed by atoms with Crippen molar-refractivity contribution in [1.29, 1.82) is 0 Å². The predicted molar refractivity (Wildman–Crippen MR) is 75.6 cm³/mol. The van der Waals surface area contributed by atoms with E-state index < -0.39 is 0 Å². The van der Waals surface area contributed by atoms with Crippen LogP contribution in [-0.2, 0) is 0 Å². The first-order valence-corrected chi connectivity index (χ1v) is 7.21. The number of aryl methyl sites for hydroxylation is 2. The monoisotopic (exact) mass is 291 g/mol. The third-order valence-electron chi connectivity index (χ3n) is 4.05. The number of piperazine rings is 1. The molecule has 3 rings (SSSR count). The maximum absolute atomic E-state index is 5.65. The molecule has 2 aromatic heterocycles. The Labute approximate surface area is 123 Å². The fraction of sp³-hybridized carbons (Fsp3) is 0.643. The quantitative estimate of drug-likeness (QED) is 0.852. The maximum atomic E-state index is 5.65. The summed E-state index contributed by atoms with van der Waals surface area (Å²) in [6.07, 6.45) is 1.76. The maximum Gasteiger partial charge on any atom is 0.245 e. The molecule has 7 nitrogen and oxygen atoms in total. The lowest BCUT2D eigenvalue weighted by Gasteiger charge is -2.39. The number of aromatic nitrogens is 3. The molecule has 0 aromatic carbocycles. The summed E-state index contributed by atoms with van der Waals surface area (Å²) in [6, 6.07) is 0.248. The number of likely N-dealkylation sites (N-methyl/N-ethyl adjacent to an activating group) is 1. The molecule has 1 aliphatic rings. The minimum absolute atomic E-state index is 0.110. The Bertz CT molecular complexity index is 608. The van der Waals surface area contributed by atoms with Crippen LogP contribution >= 0.6 is 0 Å². The number of oxazole rings is 1. The zero-order valence-corrected chi connectivity index (χ0v) is 12.9. The summed E-state index contributed by atoms with van der Waals surface area (Å²) < 4.78 is 11.0.